The predicted octanol–water partition coefficient (Wildman–Crippen LogP) is 3.38. The average molecular weight is 422 g/mol. The number of hydrogen-bond acceptors (Lipinski definition) is 5. The zero-order valence-corrected chi connectivity index (χ0v) is 16.7. The Kier molecular flexibility index (Phi) is 5.92. The molecule has 1 aromatic carbocycles. The lowest BCUT2D eigenvalue weighted by Gasteiger charge is -2.11. The summed E-state index contributed by atoms with van der Waals surface area (Å²) in [6, 6.07) is 3.47. The molecule has 0 radical (unpaired) electrons. The second-order valence-corrected chi connectivity index (χ2v) is 8.40. The van der Waals surface area contributed by atoms with Crippen molar-refractivity contribution in [1.29, 1.82) is 0 Å². The number of hydrogen-bond donors (Lipinski definition) is 2. The van der Waals surface area contributed by atoms with Crippen LogP contribution in [-0.2, 0) is 22.9 Å². The number of nitrogens with zero attached hydrogens (tertiary/aromatic N) is 2. The summed E-state index contributed by atoms with van der Waals surface area (Å²) < 4.78 is 54.8. The molecule has 3 rings (SSSR count). The summed E-state index contributed by atoms with van der Waals surface area (Å²) in [5.74, 6) is -2.61. The Balaban J connectivity index is 1.89. The van der Waals surface area contributed by atoms with E-state index in [4.69, 9.17) is 0 Å². The van der Waals surface area contributed by atoms with Crippen LogP contribution in [0.25, 0.3) is 11.2 Å². The minimum atomic E-state index is -3.79. The largest absolute Gasteiger partial charge is 0.341 e. The maximum Gasteiger partial charge on any atom is 0.232 e. The number of H-pyrrole nitrogens is 1. The summed E-state index contributed by atoms with van der Waals surface area (Å²) in [4.78, 5) is 24.1. The highest BCUT2D eigenvalue weighted by Gasteiger charge is 2.23. The smallest absolute Gasteiger partial charge is 0.232 e. The Morgan fingerprint density at radius 2 is 2.00 bits per heavy atom. The van der Waals surface area contributed by atoms with Crippen LogP contribution in [0, 0.1) is 11.6 Å². The van der Waals surface area contributed by atoms with Crippen LogP contribution < -0.4 is 4.72 Å². The van der Waals surface area contributed by atoms with Gasteiger partial charge in [0.1, 0.15) is 11.6 Å². The minimum Gasteiger partial charge on any atom is -0.341 e. The number of aryl methyl sites for hydroxylation is 1. The lowest BCUT2D eigenvalue weighted by molar-refractivity contribution is 0.0985. The Bertz CT molecular complexity index is 1180. The van der Waals surface area contributed by atoms with Crippen LogP contribution >= 0.6 is 0 Å². The van der Waals surface area contributed by atoms with Crippen molar-refractivity contribution in [2.24, 2.45) is 0 Å². The molecule has 0 bridgehead atoms. The number of nitrogens with one attached hydrogen (secondary N) is 2. The van der Waals surface area contributed by atoms with E-state index >= 15 is 0 Å². The van der Waals surface area contributed by atoms with Crippen molar-refractivity contribution in [1.82, 2.24) is 15.0 Å². The molecule has 154 valence electrons. The fraction of sp³-hybridized carbons (Fsp3) is 0.316. The first-order valence-corrected chi connectivity index (χ1v) is 10.7. The molecule has 0 spiro atoms. The normalized spacial score (nSPS) is 11.7. The van der Waals surface area contributed by atoms with Gasteiger partial charge in [0.2, 0.25) is 10.0 Å². The van der Waals surface area contributed by atoms with E-state index in [1.807, 2.05) is 6.92 Å². The van der Waals surface area contributed by atoms with Gasteiger partial charge >= 0.3 is 0 Å². The molecule has 0 aliphatic rings. The van der Waals surface area contributed by atoms with Gasteiger partial charge in [-0.15, -0.1) is 0 Å². The standard InChI is InChI=1S/C19H20F2N4O3S/c1-3-7-29(27,28)25-13-6-5-12(20)17(18(13)21)15(26)9-11-8-14-19(22-10-11)24-16(4-2)23-14/h5-6,8,10,25H,3-4,7,9H2,1-2H3,(H,22,23,24). The maximum atomic E-state index is 14.7. The van der Waals surface area contributed by atoms with Gasteiger partial charge in [-0.3, -0.25) is 9.52 Å². The quantitative estimate of drug-likeness (QED) is 0.542. The molecule has 0 atom stereocenters. The molecular weight excluding hydrogens is 402 g/mol. The second kappa shape index (κ2) is 8.24. The highest BCUT2D eigenvalue weighted by atomic mass is 32.2. The third kappa shape index (κ3) is 4.58. The topological polar surface area (TPSA) is 105 Å². The van der Waals surface area contributed by atoms with E-state index in [1.165, 1.54) is 6.20 Å². The summed E-state index contributed by atoms with van der Waals surface area (Å²) in [5, 5.41) is 0. The number of aromatic amines is 1. The molecule has 3 aromatic rings. The number of anilines is 1. The number of rotatable bonds is 8. The Labute approximate surface area is 166 Å². The number of Topliss-reactive ketones (excluding diaryl/α,β-unsaturated/α-hetero) is 1. The van der Waals surface area contributed by atoms with Crippen LogP contribution in [-0.4, -0.2) is 34.9 Å². The van der Waals surface area contributed by atoms with Gasteiger partial charge in [-0.05, 0) is 30.2 Å². The van der Waals surface area contributed by atoms with E-state index in [-0.39, 0.29) is 12.2 Å². The first kappa shape index (κ1) is 20.8. The molecule has 7 nitrogen and oxygen atoms in total. The molecule has 29 heavy (non-hydrogen) atoms. The van der Waals surface area contributed by atoms with Crippen LogP contribution in [0.15, 0.2) is 24.4 Å². The third-order valence-corrected chi connectivity index (χ3v) is 5.73. The molecule has 2 heterocycles. The van der Waals surface area contributed by atoms with Crippen molar-refractivity contribution >= 4 is 32.7 Å². The Hall–Kier alpha value is -2.88. The fourth-order valence-corrected chi connectivity index (χ4v) is 4.04. The number of carbonyl (C=O) groups is 1. The number of carbonyl (C=O) groups excluding carboxylic acids is 1. The molecular formula is C19H20F2N4O3S. The van der Waals surface area contributed by atoms with E-state index in [1.54, 1.807) is 13.0 Å². The van der Waals surface area contributed by atoms with E-state index in [0.29, 0.717) is 29.6 Å². The minimum absolute atomic E-state index is 0.220. The zero-order chi connectivity index (χ0) is 21.2. The first-order chi connectivity index (χ1) is 13.7. The van der Waals surface area contributed by atoms with Gasteiger partial charge in [0, 0.05) is 19.0 Å². The van der Waals surface area contributed by atoms with Crippen molar-refractivity contribution in [2.75, 3.05) is 10.5 Å². The van der Waals surface area contributed by atoms with Gasteiger partial charge in [0.25, 0.3) is 0 Å². The van der Waals surface area contributed by atoms with E-state index < -0.39 is 38.7 Å². The number of fused-ring (bicyclic) bond motifs is 1. The van der Waals surface area contributed by atoms with Crippen LogP contribution in [0.5, 0.6) is 0 Å². The highest BCUT2D eigenvalue weighted by Crippen LogP contribution is 2.24. The van der Waals surface area contributed by atoms with E-state index in [9.17, 15) is 22.0 Å². The summed E-state index contributed by atoms with van der Waals surface area (Å²) in [6.45, 7) is 3.58. The average Bonchev–Trinajstić information content (AvgIpc) is 3.06. The number of sulfonamides is 1. The van der Waals surface area contributed by atoms with Crippen LogP contribution in [0.4, 0.5) is 14.5 Å². The third-order valence-electron chi connectivity index (χ3n) is 4.25. The van der Waals surface area contributed by atoms with Crippen molar-refractivity contribution in [3.63, 3.8) is 0 Å². The van der Waals surface area contributed by atoms with Gasteiger partial charge in [0.15, 0.2) is 17.2 Å². The van der Waals surface area contributed by atoms with Gasteiger partial charge in [-0.2, -0.15) is 0 Å². The summed E-state index contributed by atoms with van der Waals surface area (Å²) in [5.41, 5.74) is 0.306. The van der Waals surface area contributed by atoms with Gasteiger partial charge in [0.05, 0.1) is 22.5 Å². The molecule has 0 saturated carbocycles. The predicted molar refractivity (Wildman–Crippen MR) is 105 cm³/mol. The number of ketones is 1. The Morgan fingerprint density at radius 1 is 1.24 bits per heavy atom. The van der Waals surface area contributed by atoms with E-state index in [0.717, 1.165) is 18.0 Å². The number of benzene rings is 1. The van der Waals surface area contributed by atoms with Gasteiger partial charge < -0.3 is 4.98 Å². The van der Waals surface area contributed by atoms with Crippen molar-refractivity contribution in [2.45, 2.75) is 33.1 Å². The lowest BCUT2D eigenvalue weighted by atomic mass is 10.0. The van der Waals surface area contributed by atoms with Gasteiger partial charge in [-0.25, -0.2) is 27.2 Å². The van der Waals surface area contributed by atoms with Crippen molar-refractivity contribution in [3.05, 3.63) is 53.0 Å². The molecule has 0 amide bonds. The molecule has 2 N–H and O–H groups in total. The summed E-state index contributed by atoms with van der Waals surface area (Å²) >= 11 is 0. The fourth-order valence-electron chi connectivity index (χ4n) is 2.91. The molecule has 0 unspecified atom stereocenters. The molecule has 10 heteroatoms. The van der Waals surface area contributed by atoms with Crippen LogP contribution in [0.1, 0.15) is 42.0 Å². The number of imidazole rings is 1. The molecule has 0 aliphatic carbocycles. The second-order valence-electron chi connectivity index (χ2n) is 6.56. The number of pyridine rings is 1. The maximum absolute atomic E-state index is 14.7. The highest BCUT2D eigenvalue weighted by molar-refractivity contribution is 7.92. The van der Waals surface area contributed by atoms with Crippen LogP contribution in [0.3, 0.4) is 0 Å². The zero-order valence-electron chi connectivity index (χ0n) is 15.9. The monoisotopic (exact) mass is 422 g/mol. The van der Waals surface area contributed by atoms with E-state index in [2.05, 4.69) is 19.7 Å². The Morgan fingerprint density at radius 3 is 2.69 bits per heavy atom. The molecule has 2 aromatic heterocycles. The molecule has 0 aliphatic heterocycles. The SMILES string of the molecule is CCCS(=O)(=O)Nc1ccc(F)c(C(=O)Cc2cnc3nc(CC)[nH]c3c2)c1F. The lowest BCUT2D eigenvalue weighted by Crippen LogP contribution is -2.19. The van der Waals surface area contributed by atoms with Gasteiger partial charge in [-0.1, -0.05) is 13.8 Å². The molecule has 0 fully saturated rings. The summed E-state index contributed by atoms with van der Waals surface area (Å²) in [7, 11) is -3.79. The van der Waals surface area contributed by atoms with Crippen LogP contribution in [0.2, 0.25) is 0 Å². The van der Waals surface area contributed by atoms with Crippen molar-refractivity contribution in [3.8, 4) is 0 Å². The first-order valence-electron chi connectivity index (χ1n) is 9.09. The summed E-state index contributed by atoms with van der Waals surface area (Å²) in [6.07, 6.45) is 2.13. The number of aromatic nitrogens is 3. The number of halogens is 2. The molecule has 0 saturated heterocycles. The van der Waals surface area contributed by atoms with Crippen molar-refractivity contribution < 1.29 is 22.0 Å².